The number of thiazole rings is 4. The van der Waals surface area contributed by atoms with Crippen molar-refractivity contribution in [1.29, 1.82) is 0 Å². The zero-order chi connectivity index (χ0) is 27.9. The third-order valence-corrected chi connectivity index (χ3v) is 9.79. The van der Waals surface area contributed by atoms with Gasteiger partial charge in [-0.2, -0.15) is 0 Å². The van der Waals surface area contributed by atoms with E-state index in [1.807, 2.05) is 97.1 Å². The quantitative estimate of drug-likeness (QED) is 0.143. The number of hydrogen-bond acceptors (Lipinski definition) is 12. The van der Waals surface area contributed by atoms with E-state index in [2.05, 4.69) is 19.9 Å². The van der Waals surface area contributed by atoms with Gasteiger partial charge in [0, 0.05) is 0 Å². The van der Waals surface area contributed by atoms with Gasteiger partial charge in [-0.25, -0.2) is 0 Å². The molecule has 4 nitrogen and oxygen atoms in total. The molecule has 4 aromatic heterocycles. The van der Waals surface area contributed by atoms with Crippen molar-refractivity contribution in [2.75, 3.05) is 0 Å². The predicted octanol–water partition coefficient (Wildman–Crippen LogP) is 8.81. The fourth-order valence-corrected chi connectivity index (χ4v) is 7.66. The van der Waals surface area contributed by atoms with Crippen LogP contribution in [-0.4, -0.2) is 19.9 Å². The molecule has 0 amide bonds. The number of benzene rings is 4. The number of aromatic nitrogens is 4. The normalized spacial score (nSPS) is 10.1. The molecule has 4 heterocycles. The number of hydrogen-bond donors (Lipinski definition) is 0. The van der Waals surface area contributed by atoms with Crippen LogP contribution in [0.15, 0.2) is 114 Å². The van der Waals surface area contributed by atoms with Gasteiger partial charge in [0.05, 0.1) is 22.1 Å². The SMILES string of the molecule is [S-]c1nc2ccccc2s1.[S-]c1nc2ccccc2s1.[S-]c1nc2ccccc2s1.[S-]c1nc2ccccc2s1.[Zr+4]. The number of rotatable bonds is 0. The molecule has 200 valence electrons. The first-order valence-corrected chi connectivity index (χ1v) is 16.4. The summed E-state index contributed by atoms with van der Waals surface area (Å²) in [6, 6.07) is 31.9. The minimum absolute atomic E-state index is 0. The molecule has 41 heavy (non-hydrogen) atoms. The molecule has 8 aromatic rings. The largest absolute Gasteiger partial charge is 4.00 e. The standard InChI is InChI=1S/4C7H5NS2.Zr/c4*9-7-8-5-3-1-2-4-6(5)10-7;/h4*1-4H,(H,8,9);/q;;;;+4/p-4. The molecule has 4 aromatic carbocycles. The maximum absolute atomic E-state index is 4.92. The van der Waals surface area contributed by atoms with Crippen molar-refractivity contribution in [3.05, 3.63) is 97.1 Å². The second kappa shape index (κ2) is 15.6. The Morgan fingerprint density at radius 3 is 0.732 bits per heavy atom. The molecule has 0 saturated heterocycles. The first-order valence-electron chi connectivity index (χ1n) is 11.5. The van der Waals surface area contributed by atoms with E-state index in [4.69, 9.17) is 50.5 Å². The van der Waals surface area contributed by atoms with Gasteiger partial charge in [0.15, 0.2) is 0 Å². The van der Waals surface area contributed by atoms with Crippen molar-refractivity contribution >= 4 is 137 Å². The van der Waals surface area contributed by atoms with Crippen LogP contribution < -0.4 is 0 Å². The zero-order valence-corrected chi connectivity index (χ0v) is 29.8. The minimum atomic E-state index is 0. The Bertz CT molecular complexity index is 1580. The number of fused-ring (bicyclic) bond motifs is 4. The first kappa shape index (κ1) is 32.1. The Morgan fingerprint density at radius 1 is 0.341 bits per heavy atom. The molecule has 0 fully saturated rings. The molecule has 13 heteroatoms. The summed E-state index contributed by atoms with van der Waals surface area (Å²) in [6.07, 6.45) is 0. The summed E-state index contributed by atoms with van der Waals surface area (Å²) in [5, 5.41) is 0. The third kappa shape index (κ3) is 9.09. The molecule has 0 aliphatic rings. The van der Waals surface area contributed by atoms with Crippen LogP contribution in [0.2, 0.25) is 0 Å². The molecule has 0 bridgehead atoms. The van der Waals surface area contributed by atoms with Gasteiger partial charge in [-0.05, 0) is 60.4 Å². The molecule has 0 atom stereocenters. The van der Waals surface area contributed by atoms with Crippen molar-refractivity contribution in [2.24, 2.45) is 0 Å². The Balaban J connectivity index is 0.000000125. The van der Waals surface area contributed by atoms with Gasteiger partial charge in [-0.15, -0.1) is 0 Å². The maximum Gasteiger partial charge on any atom is 4.00 e. The molecule has 0 aliphatic carbocycles. The van der Waals surface area contributed by atoms with E-state index in [1.54, 1.807) is 45.3 Å². The van der Waals surface area contributed by atoms with Gasteiger partial charge in [-0.1, -0.05) is 72.8 Å². The van der Waals surface area contributed by atoms with Crippen LogP contribution in [0.5, 0.6) is 0 Å². The Labute approximate surface area is 294 Å². The molecule has 0 saturated carbocycles. The first-order chi connectivity index (χ1) is 19.4. The smallest absolute Gasteiger partial charge is 0.408 e. The van der Waals surface area contributed by atoms with Crippen LogP contribution in [-0.2, 0) is 76.7 Å². The third-order valence-electron chi connectivity index (χ3n) is 5.10. The van der Waals surface area contributed by atoms with E-state index in [-0.39, 0.29) is 26.2 Å². The fraction of sp³-hybridized carbons (Fsp3) is 0. The molecule has 0 spiro atoms. The summed E-state index contributed by atoms with van der Waals surface area (Å²) in [4.78, 5) is 16.6. The Morgan fingerprint density at radius 2 is 0.537 bits per heavy atom. The summed E-state index contributed by atoms with van der Waals surface area (Å²) < 4.78 is 7.59. The topological polar surface area (TPSA) is 51.6 Å². The predicted molar refractivity (Wildman–Crippen MR) is 181 cm³/mol. The van der Waals surface area contributed by atoms with E-state index in [0.717, 1.165) is 39.4 Å². The molecule has 8 rings (SSSR count). The minimum Gasteiger partial charge on any atom is -0.408 e. The van der Waals surface area contributed by atoms with Crippen LogP contribution in [0.4, 0.5) is 0 Å². The second-order valence-electron chi connectivity index (χ2n) is 7.79. The summed E-state index contributed by atoms with van der Waals surface area (Å²) in [6.45, 7) is 0. The van der Waals surface area contributed by atoms with Crippen molar-refractivity contribution in [3.63, 3.8) is 0 Å². The van der Waals surface area contributed by atoms with E-state index >= 15 is 0 Å². The van der Waals surface area contributed by atoms with Crippen LogP contribution in [0.3, 0.4) is 0 Å². The summed E-state index contributed by atoms with van der Waals surface area (Å²) in [5.74, 6) is 0. The molecular formula is C28H16N4S8Zr. The van der Waals surface area contributed by atoms with Gasteiger partial charge < -0.3 is 95.9 Å². The van der Waals surface area contributed by atoms with Crippen LogP contribution in [0.25, 0.3) is 40.9 Å². The van der Waals surface area contributed by atoms with Gasteiger partial charge >= 0.3 is 26.2 Å². The zero-order valence-electron chi connectivity index (χ0n) is 20.8. The number of para-hydroxylation sites is 4. The van der Waals surface area contributed by atoms with E-state index in [9.17, 15) is 0 Å². The van der Waals surface area contributed by atoms with Gasteiger partial charge in [0.25, 0.3) is 0 Å². The molecular weight excluding hydrogens is 740 g/mol. The summed E-state index contributed by atoms with van der Waals surface area (Å²) >= 11 is 25.9. The van der Waals surface area contributed by atoms with Gasteiger partial charge in [0.2, 0.25) is 0 Å². The van der Waals surface area contributed by atoms with Crippen molar-refractivity contribution < 1.29 is 26.2 Å². The van der Waals surface area contributed by atoms with E-state index in [1.165, 1.54) is 18.8 Å². The fourth-order valence-electron chi connectivity index (χ4n) is 3.40. The molecule has 0 N–H and O–H groups in total. The van der Waals surface area contributed by atoms with Crippen LogP contribution in [0, 0.1) is 0 Å². The monoisotopic (exact) mass is 754 g/mol. The average Bonchev–Trinajstić information content (AvgIpc) is 3.71. The molecule has 0 unspecified atom stereocenters. The summed E-state index contributed by atoms with van der Waals surface area (Å²) in [5.41, 5.74) is 4.05. The van der Waals surface area contributed by atoms with Crippen LogP contribution >= 0.6 is 45.3 Å². The Hall–Kier alpha value is -1.80. The maximum atomic E-state index is 4.92. The Kier molecular flexibility index (Phi) is 12.2. The van der Waals surface area contributed by atoms with Gasteiger partial charge in [0.1, 0.15) is 0 Å². The average molecular weight is 756 g/mol. The van der Waals surface area contributed by atoms with E-state index in [0.29, 0.717) is 0 Å². The molecule has 0 radical (unpaired) electrons. The molecule has 0 aliphatic heterocycles. The van der Waals surface area contributed by atoms with Crippen LogP contribution in [0.1, 0.15) is 0 Å². The summed E-state index contributed by atoms with van der Waals surface area (Å²) in [7, 11) is 0. The van der Waals surface area contributed by atoms with Gasteiger partial charge in [-0.3, -0.25) is 19.9 Å². The van der Waals surface area contributed by atoms with Crippen molar-refractivity contribution in [1.82, 2.24) is 19.9 Å². The number of nitrogens with zero attached hydrogens (tertiary/aromatic N) is 4. The van der Waals surface area contributed by atoms with E-state index < -0.39 is 0 Å². The van der Waals surface area contributed by atoms with Crippen molar-refractivity contribution in [2.45, 2.75) is 17.4 Å². The second-order valence-corrected chi connectivity index (χ2v) is 14.5. The van der Waals surface area contributed by atoms with Crippen molar-refractivity contribution in [3.8, 4) is 0 Å².